The van der Waals surface area contributed by atoms with Crippen molar-refractivity contribution in [3.05, 3.63) is 59.9 Å². The summed E-state index contributed by atoms with van der Waals surface area (Å²) in [7, 11) is 1.84. The Hall–Kier alpha value is -1.78. The maximum atomic E-state index is 14.1. The van der Waals surface area contributed by atoms with Crippen LogP contribution in [0.25, 0.3) is 10.9 Å². The highest BCUT2D eigenvalue weighted by atomic mass is 32.2. The highest BCUT2D eigenvalue weighted by Crippen LogP contribution is 2.35. The monoisotopic (exact) mass is 300 g/mol. The second-order valence-electron chi connectivity index (χ2n) is 4.98. The van der Waals surface area contributed by atoms with Crippen molar-refractivity contribution < 1.29 is 4.39 Å². The molecule has 1 atom stereocenters. The summed E-state index contributed by atoms with van der Waals surface area (Å²) in [5.41, 5.74) is 1.81. The molecule has 0 spiro atoms. The lowest BCUT2D eigenvalue weighted by molar-refractivity contribution is 0.552. The van der Waals surface area contributed by atoms with E-state index < -0.39 is 0 Å². The molecule has 3 rings (SSSR count). The molecule has 0 saturated heterocycles. The van der Waals surface area contributed by atoms with Gasteiger partial charge in [-0.15, -0.1) is 0 Å². The Morgan fingerprint density at radius 1 is 1.14 bits per heavy atom. The van der Waals surface area contributed by atoms with E-state index in [2.05, 4.69) is 22.4 Å². The van der Waals surface area contributed by atoms with Crippen LogP contribution < -0.4 is 5.32 Å². The molecule has 2 nitrogen and oxygen atoms in total. The first-order valence-corrected chi connectivity index (χ1v) is 7.72. The predicted octanol–water partition coefficient (Wildman–Crippen LogP) is 4.74. The highest BCUT2D eigenvalue weighted by Gasteiger charge is 2.15. The topological polar surface area (TPSA) is 27.8 Å². The summed E-state index contributed by atoms with van der Waals surface area (Å²) in [5, 5.41) is 5.30. The average molecular weight is 300 g/mol. The molecule has 2 aromatic carbocycles. The Labute approximate surface area is 127 Å². The quantitative estimate of drug-likeness (QED) is 0.728. The number of nitrogens with one attached hydrogen (secondary N) is 2. The van der Waals surface area contributed by atoms with Crippen LogP contribution >= 0.6 is 11.8 Å². The minimum atomic E-state index is -0.169. The van der Waals surface area contributed by atoms with Gasteiger partial charge in [-0.25, -0.2) is 4.39 Å². The number of aromatic amines is 1. The largest absolute Gasteiger partial charge is 0.349 e. The van der Waals surface area contributed by atoms with Gasteiger partial charge < -0.3 is 10.3 Å². The predicted molar refractivity (Wildman–Crippen MR) is 86.3 cm³/mol. The van der Waals surface area contributed by atoms with E-state index >= 15 is 0 Å². The van der Waals surface area contributed by atoms with Crippen LogP contribution in [-0.2, 0) is 0 Å². The summed E-state index contributed by atoms with van der Waals surface area (Å²) >= 11 is 1.56. The van der Waals surface area contributed by atoms with Gasteiger partial charge in [-0.2, -0.15) is 0 Å². The Kier molecular flexibility index (Phi) is 3.99. The van der Waals surface area contributed by atoms with Crippen LogP contribution in [0.2, 0.25) is 0 Å². The molecule has 21 heavy (non-hydrogen) atoms. The van der Waals surface area contributed by atoms with Crippen molar-refractivity contribution in [2.45, 2.75) is 22.9 Å². The van der Waals surface area contributed by atoms with Gasteiger partial charge >= 0.3 is 0 Å². The Balaban J connectivity index is 1.99. The maximum Gasteiger partial charge on any atom is 0.129 e. The normalized spacial score (nSPS) is 12.7. The van der Waals surface area contributed by atoms with Crippen molar-refractivity contribution >= 4 is 22.7 Å². The second-order valence-corrected chi connectivity index (χ2v) is 6.07. The van der Waals surface area contributed by atoms with Gasteiger partial charge in [0, 0.05) is 27.4 Å². The van der Waals surface area contributed by atoms with Crippen molar-refractivity contribution in [3.63, 3.8) is 0 Å². The van der Waals surface area contributed by atoms with Gasteiger partial charge in [0.15, 0.2) is 0 Å². The van der Waals surface area contributed by atoms with Gasteiger partial charge in [-0.05, 0) is 38.2 Å². The number of hydrogen-bond acceptors (Lipinski definition) is 2. The molecule has 108 valence electrons. The van der Waals surface area contributed by atoms with E-state index in [1.807, 2.05) is 38.2 Å². The zero-order valence-electron chi connectivity index (χ0n) is 12.0. The summed E-state index contributed by atoms with van der Waals surface area (Å²) < 4.78 is 14.1. The Morgan fingerprint density at radius 3 is 2.71 bits per heavy atom. The summed E-state index contributed by atoms with van der Waals surface area (Å²) in [6.45, 7) is 1.97. The van der Waals surface area contributed by atoms with Gasteiger partial charge in [-0.3, -0.25) is 0 Å². The second kappa shape index (κ2) is 5.92. The fraction of sp³-hybridized carbons (Fsp3) is 0.176. The molecule has 1 heterocycles. The lowest BCUT2D eigenvalue weighted by Gasteiger charge is -2.15. The number of aromatic nitrogens is 1. The standard InChI is InChI=1S/C17H17FN2S/c1-11(19-2)17-13(18)7-5-9-15(17)21-16-10-12-6-3-4-8-14(12)20-16/h3-11,19-20H,1-2H3. The Morgan fingerprint density at radius 2 is 1.95 bits per heavy atom. The summed E-state index contributed by atoms with van der Waals surface area (Å²) in [6, 6.07) is 15.4. The van der Waals surface area contributed by atoms with E-state index in [0.717, 1.165) is 15.4 Å². The van der Waals surface area contributed by atoms with E-state index in [-0.39, 0.29) is 11.9 Å². The first-order chi connectivity index (χ1) is 10.2. The van der Waals surface area contributed by atoms with Crippen LogP contribution in [0.1, 0.15) is 18.5 Å². The molecule has 4 heteroatoms. The number of benzene rings is 2. The smallest absolute Gasteiger partial charge is 0.129 e. The molecular weight excluding hydrogens is 283 g/mol. The van der Waals surface area contributed by atoms with Crippen LogP contribution in [0.3, 0.4) is 0 Å². The maximum absolute atomic E-state index is 14.1. The molecule has 0 amide bonds. The molecular formula is C17H17FN2S. The van der Waals surface area contributed by atoms with Crippen LogP contribution in [0.15, 0.2) is 58.5 Å². The van der Waals surface area contributed by atoms with E-state index in [4.69, 9.17) is 0 Å². The number of halogens is 1. The molecule has 1 unspecified atom stereocenters. The molecule has 1 aromatic heterocycles. The highest BCUT2D eigenvalue weighted by molar-refractivity contribution is 7.99. The Bertz CT molecular complexity index is 733. The van der Waals surface area contributed by atoms with Crippen LogP contribution in [0, 0.1) is 5.82 Å². The molecule has 0 radical (unpaired) electrons. The van der Waals surface area contributed by atoms with Crippen molar-refractivity contribution in [1.29, 1.82) is 0 Å². The number of hydrogen-bond donors (Lipinski definition) is 2. The lowest BCUT2D eigenvalue weighted by Crippen LogP contribution is -2.14. The third-order valence-corrected chi connectivity index (χ3v) is 4.62. The van der Waals surface area contributed by atoms with Gasteiger partial charge in [0.05, 0.1) is 5.03 Å². The van der Waals surface area contributed by atoms with E-state index in [1.165, 1.54) is 11.5 Å². The molecule has 2 N–H and O–H groups in total. The number of fused-ring (bicyclic) bond motifs is 1. The molecule has 0 saturated carbocycles. The van der Waals surface area contributed by atoms with Gasteiger partial charge in [0.25, 0.3) is 0 Å². The average Bonchev–Trinajstić information content (AvgIpc) is 2.89. The first kappa shape index (κ1) is 14.2. The molecule has 0 aliphatic carbocycles. The summed E-state index contributed by atoms with van der Waals surface area (Å²) in [4.78, 5) is 4.30. The minimum Gasteiger partial charge on any atom is -0.349 e. The number of H-pyrrole nitrogens is 1. The van der Waals surface area contributed by atoms with E-state index in [1.54, 1.807) is 17.8 Å². The van der Waals surface area contributed by atoms with Gasteiger partial charge in [0.2, 0.25) is 0 Å². The lowest BCUT2D eigenvalue weighted by atomic mass is 10.1. The molecule has 0 aliphatic heterocycles. The molecule has 0 bridgehead atoms. The SMILES string of the molecule is CNC(C)c1c(F)cccc1Sc1cc2ccccc2[nH]1. The fourth-order valence-corrected chi connectivity index (χ4v) is 3.51. The molecule has 0 aliphatic rings. The summed E-state index contributed by atoms with van der Waals surface area (Å²) in [5.74, 6) is -0.169. The van der Waals surface area contributed by atoms with Crippen molar-refractivity contribution in [3.8, 4) is 0 Å². The van der Waals surface area contributed by atoms with Crippen molar-refractivity contribution in [2.24, 2.45) is 0 Å². The van der Waals surface area contributed by atoms with Crippen LogP contribution in [0.4, 0.5) is 4.39 Å². The summed E-state index contributed by atoms with van der Waals surface area (Å²) in [6.07, 6.45) is 0. The van der Waals surface area contributed by atoms with E-state index in [0.29, 0.717) is 5.56 Å². The zero-order chi connectivity index (χ0) is 14.8. The zero-order valence-corrected chi connectivity index (χ0v) is 12.8. The van der Waals surface area contributed by atoms with Crippen LogP contribution in [0.5, 0.6) is 0 Å². The molecule has 0 fully saturated rings. The third kappa shape index (κ3) is 2.82. The van der Waals surface area contributed by atoms with Crippen molar-refractivity contribution in [1.82, 2.24) is 10.3 Å². The minimum absolute atomic E-state index is 0.0296. The number of rotatable bonds is 4. The molecule has 3 aromatic rings. The fourth-order valence-electron chi connectivity index (χ4n) is 2.39. The first-order valence-electron chi connectivity index (χ1n) is 6.90. The van der Waals surface area contributed by atoms with Crippen LogP contribution in [-0.4, -0.2) is 12.0 Å². The van der Waals surface area contributed by atoms with Crippen molar-refractivity contribution in [2.75, 3.05) is 7.05 Å². The van der Waals surface area contributed by atoms with Gasteiger partial charge in [0.1, 0.15) is 5.82 Å². The third-order valence-electron chi connectivity index (χ3n) is 3.60. The van der Waals surface area contributed by atoms with Gasteiger partial charge in [-0.1, -0.05) is 36.0 Å². The number of para-hydroxylation sites is 1. The van der Waals surface area contributed by atoms with E-state index in [9.17, 15) is 4.39 Å².